The Kier molecular flexibility index (Phi) is 4.82. The number of nitrogens with zero attached hydrogens (tertiary/aromatic N) is 2. The Balaban J connectivity index is 1.93. The molecule has 102 valence electrons. The fraction of sp³-hybridized carbons (Fsp3) is 0.462. The van der Waals surface area contributed by atoms with Crippen LogP contribution in [0.3, 0.4) is 0 Å². The van der Waals surface area contributed by atoms with Crippen LogP contribution in [0.2, 0.25) is 5.15 Å². The summed E-state index contributed by atoms with van der Waals surface area (Å²) in [6.07, 6.45) is 2.14. The Labute approximate surface area is 121 Å². The third kappa shape index (κ3) is 3.94. The van der Waals surface area contributed by atoms with Gasteiger partial charge in [-0.3, -0.25) is 9.59 Å². The number of carbonyl (C=O) groups excluding carboxylic acids is 2. The number of halogens is 1. The lowest BCUT2D eigenvalue weighted by Gasteiger charge is -2.17. The van der Waals surface area contributed by atoms with E-state index < -0.39 is 0 Å². The third-order valence-electron chi connectivity index (χ3n) is 3.01. The summed E-state index contributed by atoms with van der Waals surface area (Å²) in [5.41, 5.74) is 0.859. The molecule has 0 N–H and O–H groups in total. The highest BCUT2D eigenvalue weighted by atomic mass is 35.5. The van der Waals surface area contributed by atoms with Crippen LogP contribution < -0.4 is 0 Å². The number of hydrogen-bond donors (Lipinski definition) is 0. The molecule has 0 radical (unpaired) electrons. The van der Waals surface area contributed by atoms with Gasteiger partial charge in [0.05, 0.1) is 0 Å². The fourth-order valence-electron chi connectivity index (χ4n) is 2.10. The van der Waals surface area contributed by atoms with Crippen LogP contribution in [0.5, 0.6) is 0 Å². The molecule has 2 rings (SSSR count). The van der Waals surface area contributed by atoms with E-state index in [1.54, 1.807) is 18.0 Å². The first-order valence-corrected chi connectivity index (χ1v) is 7.43. The number of rotatable bonds is 4. The molecule has 1 unspecified atom stereocenters. The predicted octanol–water partition coefficient (Wildman–Crippen LogP) is 2.36. The summed E-state index contributed by atoms with van der Waals surface area (Å²) >= 11 is 7.28. The highest BCUT2D eigenvalue weighted by Gasteiger charge is 2.30. The predicted molar refractivity (Wildman–Crippen MR) is 75.9 cm³/mol. The van der Waals surface area contributed by atoms with Crippen molar-refractivity contribution in [1.29, 1.82) is 0 Å². The molecular weight excluding hydrogens is 284 g/mol. The number of likely N-dealkylation sites (tertiary alicyclic amines) is 1. The zero-order chi connectivity index (χ0) is 13.8. The minimum Gasteiger partial charge on any atom is -0.338 e. The van der Waals surface area contributed by atoms with E-state index in [9.17, 15) is 9.59 Å². The molecule has 0 aliphatic carbocycles. The summed E-state index contributed by atoms with van der Waals surface area (Å²) in [5, 5.41) is 0.540. The maximum absolute atomic E-state index is 11.9. The van der Waals surface area contributed by atoms with Crippen molar-refractivity contribution in [3.8, 4) is 0 Å². The van der Waals surface area contributed by atoms with Crippen LogP contribution in [0.15, 0.2) is 18.3 Å². The molecule has 0 bridgehead atoms. The smallest absolute Gasteiger partial charge is 0.223 e. The van der Waals surface area contributed by atoms with Gasteiger partial charge in [-0.1, -0.05) is 29.4 Å². The lowest BCUT2D eigenvalue weighted by molar-refractivity contribution is -0.128. The van der Waals surface area contributed by atoms with Gasteiger partial charge in [-0.05, 0) is 12.0 Å². The molecule has 1 atom stereocenters. The summed E-state index contributed by atoms with van der Waals surface area (Å²) < 4.78 is 0. The Bertz CT molecular complexity index is 495. The first kappa shape index (κ1) is 14.3. The van der Waals surface area contributed by atoms with Gasteiger partial charge < -0.3 is 4.90 Å². The molecule has 0 spiro atoms. The molecule has 1 aliphatic rings. The molecule has 0 aromatic carbocycles. The van der Waals surface area contributed by atoms with Crippen LogP contribution in [0.1, 0.15) is 18.9 Å². The van der Waals surface area contributed by atoms with E-state index >= 15 is 0 Å². The molecule has 19 heavy (non-hydrogen) atoms. The second-order valence-corrected chi connectivity index (χ2v) is 6.16. The fourth-order valence-corrected chi connectivity index (χ4v) is 2.97. The molecule has 6 heteroatoms. The molecule has 1 aromatic heterocycles. The van der Waals surface area contributed by atoms with Gasteiger partial charge in [-0.15, -0.1) is 0 Å². The second-order valence-electron chi connectivity index (χ2n) is 4.60. The van der Waals surface area contributed by atoms with Gasteiger partial charge in [0.25, 0.3) is 0 Å². The molecule has 1 saturated heterocycles. The molecule has 1 aliphatic heterocycles. The maximum Gasteiger partial charge on any atom is 0.223 e. The van der Waals surface area contributed by atoms with Crippen LogP contribution >= 0.6 is 23.4 Å². The van der Waals surface area contributed by atoms with Crippen LogP contribution in [0.4, 0.5) is 0 Å². The van der Waals surface area contributed by atoms with Crippen LogP contribution in [-0.2, 0) is 16.1 Å². The topological polar surface area (TPSA) is 50.3 Å². The molecule has 1 amide bonds. The van der Waals surface area contributed by atoms with E-state index in [4.69, 9.17) is 11.6 Å². The maximum atomic E-state index is 11.9. The normalized spacial score (nSPS) is 18.9. The van der Waals surface area contributed by atoms with E-state index in [0.29, 0.717) is 30.4 Å². The molecule has 1 fully saturated rings. The number of amides is 1. The van der Waals surface area contributed by atoms with Crippen molar-refractivity contribution >= 4 is 34.4 Å². The average Bonchev–Trinajstić information content (AvgIpc) is 2.71. The minimum atomic E-state index is 0.0983. The monoisotopic (exact) mass is 298 g/mol. The van der Waals surface area contributed by atoms with E-state index in [1.165, 1.54) is 11.8 Å². The standard InChI is InChI=1S/C13H15ClN2O2S/c1-9(17)19-8-10-5-12(18)16(6-10)7-11-3-2-4-15-13(11)14/h2-4,10H,5-8H2,1H3. The highest BCUT2D eigenvalue weighted by molar-refractivity contribution is 8.13. The molecule has 2 heterocycles. The lowest BCUT2D eigenvalue weighted by atomic mass is 10.1. The van der Waals surface area contributed by atoms with E-state index in [0.717, 1.165) is 5.56 Å². The number of hydrogen-bond acceptors (Lipinski definition) is 4. The van der Waals surface area contributed by atoms with Crippen molar-refractivity contribution < 1.29 is 9.59 Å². The lowest BCUT2D eigenvalue weighted by Crippen LogP contribution is -2.25. The van der Waals surface area contributed by atoms with Crippen molar-refractivity contribution in [2.45, 2.75) is 19.9 Å². The van der Waals surface area contributed by atoms with Gasteiger partial charge in [0, 0.05) is 43.9 Å². The van der Waals surface area contributed by atoms with E-state index in [1.807, 2.05) is 12.1 Å². The molecule has 1 aromatic rings. The summed E-state index contributed by atoms with van der Waals surface area (Å²) in [7, 11) is 0. The van der Waals surface area contributed by atoms with E-state index in [-0.39, 0.29) is 16.9 Å². The quantitative estimate of drug-likeness (QED) is 0.801. The molecule has 0 saturated carbocycles. The van der Waals surface area contributed by atoms with Crippen molar-refractivity contribution in [3.63, 3.8) is 0 Å². The van der Waals surface area contributed by atoms with Crippen LogP contribution in [0.25, 0.3) is 0 Å². The van der Waals surface area contributed by atoms with Crippen molar-refractivity contribution in [2.24, 2.45) is 5.92 Å². The number of carbonyl (C=O) groups is 2. The number of pyridine rings is 1. The van der Waals surface area contributed by atoms with Crippen molar-refractivity contribution in [2.75, 3.05) is 12.3 Å². The largest absolute Gasteiger partial charge is 0.338 e. The molecule has 4 nitrogen and oxygen atoms in total. The van der Waals surface area contributed by atoms with Gasteiger partial charge >= 0.3 is 0 Å². The first-order chi connectivity index (χ1) is 9.06. The van der Waals surface area contributed by atoms with Gasteiger partial charge in [0.15, 0.2) is 5.12 Å². The van der Waals surface area contributed by atoms with Crippen molar-refractivity contribution in [1.82, 2.24) is 9.88 Å². The first-order valence-electron chi connectivity index (χ1n) is 6.07. The van der Waals surface area contributed by atoms with Crippen LogP contribution in [-0.4, -0.2) is 33.2 Å². The van der Waals surface area contributed by atoms with E-state index in [2.05, 4.69) is 4.98 Å². The minimum absolute atomic E-state index is 0.0983. The van der Waals surface area contributed by atoms with Gasteiger partial charge in [-0.25, -0.2) is 4.98 Å². The number of thioether (sulfide) groups is 1. The Morgan fingerprint density at radius 2 is 2.42 bits per heavy atom. The van der Waals surface area contributed by atoms with Crippen molar-refractivity contribution in [3.05, 3.63) is 29.0 Å². The summed E-state index contributed by atoms with van der Waals surface area (Å²) in [6.45, 7) is 2.73. The number of aromatic nitrogens is 1. The van der Waals surface area contributed by atoms with Gasteiger partial charge in [0.2, 0.25) is 5.91 Å². The second kappa shape index (κ2) is 6.39. The summed E-state index contributed by atoms with van der Waals surface area (Å²) in [5.74, 6) is 1.07. The Morgan fingerprint density at radius 1 is 1.63 bits per heavy atom. The third-order valence-corrected chi connectivity index (χ3v) is 4.40. The Hall–Kier alpha value is -1.07. The Morgan fingerprint density at radius 3 is 3.11 bits per heavy atom. The molecular formula is C13H15ClN2O2S. The summed E-state index contributed by atoms with van der Waals surface area (Å²) in [6, 6.07) is 3.69. The van der Waals surface area contributed by atoms with Gasteiger partial charge in [0.1, 0.15) is 5.15 Å². The SMILES string of the molecule is CC(=O)SCC1CC(=O)N(Cc2cccnc2Cl)C1. The van der Waals surface area contributed by atoms with Gasteiger partial charge in [-0.2, -0.15) is 0 Å². The van der Waals surface area contributed by atoms with Crippen LogP contribution in [0, 0.1) is 5.92 Å². The average molecular weight is 299 g/mol. The summed E-state index contributed by atoms with van der Waals surface area (Å²) in [4.78, 5) is 28.6. The highest BCUT2D eigenvalue weighted by Crippen LogP contribution is 2.25. The zero-order valence-corrected chi connectivity index (χ0v) is 12.2. The zero-order valence-electron chi connectivity index (χ0n) is 10.6.